The number of halogens is 2. The predicted molar refractivity (Wildman–Crippen MR) is 56.6 cm³/mol. The highest BCUT2D eigenvalue weighted by Crippen LogP contribution is 2.14. The first-order chi connectivity index (χ1) is 6.66. The van der Waals surface area contributed by atoms with Gasteiger partial charge in [-0.3, -0.25) is 0 Å². The molecule has 2 aromatic rings. The number of hydrogen-bond donors (Lipinski definition) is 0. The fraction of sp³-hybridized carbons (Fsp3) is 0.125. The zero-order valence-corrected chi connectivity index (χ0v) is 9.62. The van der Waals surface area contributed by atoms with E-state index in [0.717, 1.165) is 10.0 Å². The first-order valence-electron chi connectivity index (χ1n) is 3.86. The average Bonchev–Trinajstić information content (AvgIpc) is 2.56. The highest BCUT2D eigenvalue weighted by Gasteiger charge is 2.05. The van der Waals surface area contributed by atoms with E-state index in [-0.39, 0.29) is 5.28 Å². The van der Waals surface area contributed by atoms with Gasteiger partial charge in [0.15, 0.2) is 5.82 Å². The average molecular weight is 274 g/mol. The third-order valence-electron chi connectivity index (χ3n) is 1.68. The maximum atomic E-state index is 5.70. The second kappa shape index (κ2) is 3.67. The largest absolute Gasteiger partial charge is 0.226 e. The van der Waals surface area contributed by atoms with Gasteiger partial charge in [0.1, 0.15) is 0 Å². The van der Waals surface area contributed by atoms with E-state index in [9.17, 15) is 0 Å². The van der Waals surface area contributed by atoms with Gasteiger partial charge >= 0.3 is 0 Å². The molecule has 14 heavy (non-hydrogen) atoms. The Balaban J connectivity index is 2.55. The summed E-state index contributed by atoms with van der Waals surface area (Å²) in [5.41, 5.74) is 0.921. The molecular weight excluding hydrogens is 267 g/mol. The van der Waals surface area contributed by atoms with Crippen LogP contribution in [0.1, 0.15) is 5.56 Å². The molecule has 0 spiro atoms. The summed E-state index contributed by atoms with van der Waals surface area (Å²) in [5.74, 6) is 0.690. The van der Waals surface area contributed by atoms with Gasteiger partial charge in [0.05, 0.1) is 10.7 Å². The summed E-state index contributed by atoms with van der Waals surface area (Å²) in [6.45, 7) is 1.90. The highest BCUT2D eigenvalue weighted by molar-refractivity contribution is 9.10. The standard InChI is InChI=1S/C8H6BrClN4/c1-5-2-11-8(10)13-7(5)14-4-6(9)3-12-14/h2-4H,1H3. The summed E-state index contributed by atoms with van der Waals surface area (Å²) >= 11 is 9.01. The van der Waals surface area contributed by atoms with E-state index < -0.39 is 0 Å². The number of hydrogen-bond acceptors (Lipinski definition) is 3. The molecule has 2 rings (SSSR count). The van der Waals surface area contributed by atoms with Crippen LogP contribution in [0.2, 0.25) is 5.28 Å². The van der Waals surface area contributed by atoms with Crippen molar-refractivity contribution in [2.45, 2.75) is 6.92 Å². The maximum absolute atomic E-state index is 5.70. The molecule has 0 aliphatic carbocycles. The Morgan fingerprint density at radius 1 is 1.43 bits per heavy atom. The third kappa shape index (κ3) is 1.78. The highest BCUT2D eigenvalue weighted by atomic mass is 79.9. The van der Waals surface area contributed by atoms with Crippen molar-refractivity contribution in [1.29, 1.82) is 0 Å². The minimum absolute atomic E-state index is 0.220. The first-order valence-corrected chi connectivity index (χ1v) is 5.03. The second-order valence-corrected chi connectivity index (χ2v) is 4.00. The number of nitrogens with zero attached hydrogens (tertiary/aromatic N) is 4. The van der Waals surface area contributed by atoms with Crippen molar-refractivity contribution in [2.24, 2.45) is 0 Å². The van der Waals surface area contributed by atoms with Crippen LogP contribution >= 0.6 is 27.5 Å². The Morgan fingerprint density at radius 2 is 2.21 bits per heavy atom. The summed E-state index contributed by atoms with van der Waals surface area (Å²) in [5, 5.41) is 4.33. The van der Waals surface area contributed by atoms with Gasteiger partial charge in [-0.05, 0) is 34.5 Å². The van der Waals surface area contributed by atoms with E-state index in [2.05, 4.69) is 31.0 Å². The molecule has 2 aromatic heterocycles. The van der Waals surface area contributed by atoms with E-state index in [1.54, 1.807) is 17.1 Å². The molecule has 72 valence electrons. The van der Waals surface area contributed by atoms with Crippen molar-refractivity contribution >= 4 is 27.5 Å². The van der Waals surface area contributed by atoms with Crippen LogP contribution in [0.3, 0.4) is 0 Å². The SMILES string of the molecule is Cc1cnc(Cl)nc1-n1cc(Br)cn1. The number of aryl methyl sites for hydroxylation is 1. The van der Waals surface area contributed by atoms with E-state index in [4.69, 9.17) is 11.6 Å². The van der Waals surface area contributed by atoms with E-state index in [1.807, 2.05) is 13.1 Å². The van der Waals surface area contributed by atoms with Crippen molar-refractivity contribution in [2.75, 3.05) is 0 Å². The molecule has 0 N–H and O–H groups in total. The van der Waals surface area contributed by atoms with Gasteiger partial charge in [0.2, 0.25) is 5.28 Å². The quantitative estimate of drug-likeness (QED) is 0.749. The van der Waals surface area contributed by atoms with E-state index >= 15 is 0 Å². The summed E-state index contributed by atoms with van der Waals surface area (Å²) in [7, 11) is 0. The molecule has 0 amide bonds. The molecule has 6 heteroatoms. The first kappa shape index (κ1) is 9.61. The molecule has 0 unspecified atom stereocenters. The van der Waals surface area contributed by atoms with E-state index in [1.165, 1.54) is 0 Å². The fourth-order valence-electron chi connectivity index (χ4n) is 1.06. The lowest BCUT2D eigenvalue weighted by Gasteiger charge is -2.03. The fourth-order valence-corrected chi connectivity index (χ4v) is 1.48. The summed E-state index contributed by atoms with van der Waals surface area (Å²) in [6, 6.07) is 0. The van der Waals surface area contributed by atoms with Gasteiger partial charge in [-0.2, -0.15) is 10.1 Å². The molecule has 2 heterocycles. The van der Waals surface area contributed by atoms with Gasteiger partial charge in [-0.1, -0.05) is 0 Å². The van der Waals surface area contributed by atoms with Crippen LogP contribution in [0.5, 0.6) is 0 Å². The van der Waals surface area contributed by atoms with Crippen LogP contribution in [0.4, 0.5) is 0 Å². The lowest BCUT2D eigenvalue weighted by molar-refractivity contribution is 0.829. The molecule has 0 bridgehead atoms. The normalized spacial score (nSPS) is 10.5. The van der Waals surface area contributed by atoms with Gasteiger partial charge in [0.25, 0.3) is 0 Å². The van der Waals surface area contributed by atoms with Crippen LogP contribution in [0, 0.1) is 6.92 Å². The molecule has 4 nitrogen and oxygen atoms in total. The minimum Gasteiger partial charge on any atom is -0.226 e. The van der Waals surface area contributed by atoms with Gasteiger partial charge in [-0.15, -0.1) is 0 Å². The Kier molecular flexibility index (Phi) is 2.52. The lowest BCUT2D eigenvalue weighted by Crippen LogP contribution is -2.01. The van der Waals surface area contributed by atoms with Crippen molar-refractivity contribution in [1.82, 2.24) is 19.7 Å². The third-order valence-corrected chi connectivity index (χ3v) is 2.28. The zero-order valence-electron chi connectivity index (χ0n) is 7.28. The lowest BCUT2D eigenvalue weighted by atomic mass is 10.3. The molecule has 0 atom stereocenters. The number of aromatic nitrogens is 4. The Hall–Kier alpha value is -0.940. The summed E-state index contributed by atoms with van der Waals surface area (Å²) < 4.78 is 2.54. The van der Waals surface area contributed by atoms with Crippen LogP contribution in [-0.2, 0) is 0 Å². The molecule has 0 saturated carbocycles. The smallest absolute Gasteiger partial charge is 0.224 e. The molecule has 0 aliphatic heterocycles. The van der Waals surface area contributed by atoms with Crippen molar-refractivity contribution in [3.8, 4) is 5.82 Å². The van der Waals surface area contributed by atoms with E-state index in [0.29, 0.717) is 5.82 Å². The Bertz CT molecular complexity index is 468. The molecule has 0 fully saturated rings. The monoisotopic (exact) mass is 272 g/mol. The topological polar surface area (TPSA) is 43.6 Å². The minimum atomic E-state index is 0.220. The predicted octanol–water partition coefficient (Wildman–Crippen LogP) is 2.39. The van der Waals surface area contributed by atoms with Crippen LogP contribution in [-0.4, -0.2) is 19.7 Å². The molecule has 0 aromatic carbocycles. The van der Waals surface area contributed by atoms with Crippen LogP contribution in [0.25, 0.3) is 5.82 Å². The molecular formula is C8H6BrClN4. The van der Waals surface area contributed by atoms with Gasteiger partial charge < -0.3 is 0 Å². The van der Waals surface area contributed by atoms with Crippen LogP contribution in [0.15, 0.2) is 23.1 Å². The van der Waals surface area contributed by atoms with Crippen molar-refractivity contribution in [3.63, 3.8) is 0 Å². The molecule has 0 saturated heterocycles. The second-order valence-electron chi connectivity index (χ2n) is 2.75. The van der Waals surface area contributed by atoms with Crippen molar-refractivity contribution in [3.05, 3.63) is 33.9 Å². The van der Waals surface area contributed by atoms with Gasteiger partial charge in [-0.25, -0.2) is 9.67 Å². The Morgan fingerprint density at radius 3 is 2.86 bits per heavy atom. The Labute approximate surface area is 94.1 Å². The zero-order chi connectivity index (χ0) is 10.1. The maximum Gasteiger partial charge on any atom is 0.224 e. The molecule has 0 aliphatic rings. The van der Waals surface area contributed by atoms with Gasteiger partial charge in [0, 0.05) is 18.0 Å². The summed E-state index contributed by atoms with van der Waals surface area (Å²) in [6.07, 6.45) is 5.17. The van der Waals surface area contributed by atoms with Crippen molar-refractivity contribution < 1.29 is 0 Å². The van der Waals surface area contributed by atoms with Crippen LogP contribution < -0.4 is 0 Å². The summed E-state index contributed by atoms with van der Waals surface area (Å²) in [4.78, 5) is 7.96. The molecule has 0 radical (unpaired) electrons. The number of rotatable bonds is 1.